The van der Waals surface area contributed by atoms with Crippen molar-refractivity contribution in [2.24, 2.45) is 0 Å². The predicted octanol–water partition coefficient (Wildman–Crippen LogP) is 4.57. The van der Waals surface area contributed by atoms with Gasteiger partial charge in [0.05, 0.1) is 11.9 Å². The van der Waals surface area contributed by atoms with E-state index in [1.54, 1.807) is 18.3 Å². The molecule has 1 aliphatic rings. The molecule has 1 amide bonds. The first kappa shape index (κ1) is 19.2. The van der Waals surface area contributed by atoms with Crippen molar-refractivity contribution in [3.8, 4) is 11.1 Å². The molecule has 0 bridgehead atoms. The molecule has 2 aromatic carbocycles. The molecule has 5 nitrogen and oxygen atoms in total. The standard InChI is InChI=1S/C24H26N4O/c25-23-12-10-21(16-26-23)27-24(29)19-9-11-22(18-7-3-1-4-8-18)20(15-19)17-28-13-5-2-6-14-28/h1,3-4,7-12,15-16H,2,5-6,13-14,17H2,(H2,25,26)(H,27,29). The van der Waals surface area contributed by atoms with Gasteiger partial charge in [-0.1, -0.05) is 42.8 Å². The lowest BCUT2D eigenvalue weighted by atomic mass is 9.96. The van der Waals surface area contributed by atoms with Gasteiger partial charge in [0, 0.05) is 12.1 Å². The van der Waals surface area contributed by atoms with E-state index in [2.05, 4.69) is 45.5 Å². The van der Waals surface area contributed by atoms with E-state index < -0.39 is 0 Å². The highest BCUT2D eigenvalue weighted by molar-refractivity contribution is 6.04. The Bertz CT molecular complexity index is 964. The Balaban J connectivity index is 1.62. The number of hydrogen-bond donors (Lipinski definition) is 2. The van der Waals surface area contributed by atoms with Crippen molar-refractivity contribution in [1.29, 1.82) is 0 Å². The van der Waals surface area contributed by atoms with Crippen molar-refractivity contribution in [3.05, 3.63) is 78.0 Å². The number of hydrogen-bond acceptors (Lipinski definition) is 4. The van der Waals surface area contributed by atoms with Crippen molar-refractivity contribution in [3.63, 3.8) is 0 Å². The quantitative estimate of drug-likeness (QED) is 0.674. The average molecular weight is 386 g/mol. The molecule has 0 atom stereocenters. The number of rotatable bonds is 5. The van der Waals surface area contributed by atoms with Gasteiger partial charge in [0.15, 0.2) is 0 Å². The molecule has 4 rings (SSSR count). The molecule has 0 spiro atoms. The molecule has 0 aliphatic carbocycles. The summed E-state index contributed by atoms with van der Waals surface area (Å²) in [5, 5.41) is 2.90. The van der Waals surface area contributed by atoms with Crippen molar-refractivity contribution >= 4 is 17.4 Å². The van der Waals surface area contributed by atoms with Gasteiger partial charge < -0.3 is 11.1 Å². The number of nitrogen functional groups attached to an aromatic ring is 1. The highest BCUT2D eigenvalue weighted by Crippen LogP contribution is 2.27. The molecule has 1 aromatic heterocycles. The molecule has 0 radical (unpaired) electrons. The third kappa shape index (κ3) is 4.81. The molecule has 5 heteroatoms. The molecular formula is C24H26N4O. The largest absolute Gasteiger partial charge is 0.384 e. The van der Waals surface area contributed by atoms with E-state index in [0.29, 0.717) is 17.1 Å². The summed E-state index contributed by atoms with van der Waals surface area (Å²) in [6, 6.07) is 19.8. The van der Waals surface area contributed by atoms with Crippen molar-refractivity contribution in [2.45, 2.75) is 25.8 Å². The zero-order valence-corrected chi connectivity index (χ0v) is 16.5. The Morgan fingerprint density at radius 2 is 1.79 bits per heavy atom. The third-order valence-corrected chi connectivity index (χ3v) is 5.34. The van der Waals surface area contributed by atoms with Crippen LogP contribution in [0, 0.1) is 0 Å². The van der Waals surface area contributed by atoms with Gasteiger partial charge in [0.2, 0.25) is 0 Å². The zero-order valence-electron chi connectivity index (χ0n) is 16.5. The van der Waals surface area contributed by atoms with Gasteiger partial charge in [-0.25, -0.2) is 4.98 Å². The van der Waals surface area contributed by atoms with E-state index in [4.69, 9.17) is 5.73 Å². The van der Waals surface area contributed by atoms with Gasteiger partial charge >= 0.3 is 0 Å². The van der Waals surface area contributed by atoms with Gasteiger partial charge in [0.1, 0.15) is 5.82 Å². The van der Waals surface area contributed by atoms with Crippen LogP contribution in [0.2, 0.25) is 0 Å². The Morgan fingerprint density at radius 1 is 1.00 bits per heavy atom. The van der Waals surface area contributed by atoms with E-state index >= 15 is 0 Å². The number of amides is 1. The number of benzene rings is 2. The molecule has 2 heterocycles. The normalized spacial score (nSPS) is 14.5. The Hall–Kier alpha value is -3.18. The molecule has 29 heavy (non-hydrogen) atoms. The fourth-order valence-corrected chi connectivity index (χ4v) is 3.81. The SMILES string of the molecule is Nc1ccc(NC(=O)c2ccc(-c3ccccc3)c(CN3CCCCC3)c2)cn1. The van der Waals surface area contributed by atoms with Gasteiger partial charge in [-0.3, -0.25) is 9.69 Å². The topological polar surface area (TPSA) is 71.2 Å². The highest BCUT2D eigenvalue weighted by atomic mass is 16.1. The lowest BCUT2D eigenvalue weighted by Crippen LogP contribution is -2.29. The summed E-state index contributed by atoms with van der Waals surface area (Å²) in [5.74, 6) is 0.287. The van der Waals surface area contributed by atoms with Gasteiger partial charge in [-0.2, -0.15) is 0 Å². The number of aromatic nitrogens is 1. The van der Waals surface area contributed by atoms with Gasteiger partial charge in [-0.05, 0) is 66.9 Å². The monoisotopic (exact) mass is 386 g/mol. The van der Waals surface area contributed by atoms with Crippen molar-refractivity contribution in [1.82, 2.24) is 9.88 Å². The second kappa shape index (κ2) is 8.88. The van der Waals surface area contributed by atoms with Crippen molar-refractivity contribution < 1.29 is 4.79 Å². The minimum atomic E-state index is -0.143. The molecule has 1 aliphatic heterocycles. The number of nitrogens with one attached hydrogen (secondary N) is 1. The Kier molecular flexibility index (Phi) is 5.86. The van der Waals surface area contributed by atoms with Crippen LogP contribution in [0.5, 0.6) is 0 Å². The van der Waals surface area contributed by atoms with Crippen LogP contribution in [0.3, 0.4) is 0 Å². The van der Waals surface area contributed by atoms with Crippen LogP contribution >= 0.6 is 0 Å². The second-order valence-corrected chi connectivity index (χ2v) is 7.50. The lowest BCUT2D eigenvalue weighted by Gasteiger charge is -2.27. The molecule has 1 saturated heterocycles. The number of piperidine rings is 1. The maximum absolute atomic E-state index is 12.8. The summed E-state index contributed by atoms with van der Waals surface area (Å²) in [6.45, 7) is 3.08. The first-order chi connectivity index (χ1) is 14.2. The maximum atomic E-state index is 12.8. The zero-order chi connectivity index (χ0) is 20.1. The highest BCUT2D eigenvalue weighted by Gasteiger charge is 2.16. The lowest BCUT2D eigenvalue weighted by molar-refractivity contribution is 0.102. The number of nitrogens with zero attached hydrogens (tertiary/aromatic N) is 2. The molecule has 3 aromatic rings. The van der Waals surface area contributed by atoms with Crippen molar-refractivity contribution in [2.75, 3.05) is 24.1 Å². The minimum absolute atomic E-state index is 0.143. The van der Waals surface area contributed by atoms with E-state index in [1.165, 1.54) is 36.0 Å². The Morgan fingerprint density at radius 3 is 2.52 bits per heavy atom. The van der Waals surface area contributed by atoms with Crippen LogP contribution in [0.1, 0.15) is 35.2 Å². The van der Waals surface area contributed by atoms with Gasteiger partial charge in [0.25, 0.3) is 5.91 Å². The van der Waals surface area contributed by atoms with E-state index in [0.717, 1.165) is 19.6 Å². The van der Waals surface area contributed by atoms with Crippen LogP contribution in [0.15, 0.2) is 66.9 Å². The molecule has 0 saturated carbocycles. The molecule has 0 unspecified atom stereocenters. The van der Waals surface area contributed by atoms with E-state index in [9.17, 15) is 4.79 Å². The first-order valence-corrected chi connectivity index (χ1v) is 10.1. The maximum Gasteiger partial charge on any atom is 0.255 e. The van der Waals surface area contributed by atoms with Crippen LogP contribution in [-0.2, 0) is 6.54 Å². The summed E-state index contributed by atoms with van der Waals surface area (Å²) in [5.41, 5.74) is 10.4. The molecule has 3 N–H and O–H groups in total. The fourth-order valence-electron chi connectivity index (χ4n) is 3.81. The van der Waals surface area contributed by atoms with Crippen LogP contribution in [-0.4, -0.2) is 28.9 Å². The number of nitrogens with two attached hydrogens (primary N) is 1. The number of likely N-dealkylation sites (tertiary alicyclic amines) is 1. The van der Waals surface area contributed by atoms with Crippen LogP contribution < -0.4 is 11.1 Å². The second-order valence-electron chi connectivity index (χ2n) is 7.50. The van der Waals surface area contributed by atoms with Crippen LogP contribution in [0.25, 0.3) is 11.1 Å². The van der Waals surface area contributed by atoms with E-state index in [1.807, 2.05) is 18.2 Å². The molecule has 1 fully saturated rings. The number of carbonyl (C=O) groups excluding carboxylic acids is 1. The number of carbonyl (C=O) groups is 1. The predicted molar refractivity (Wildman–Crippen MR) is 118 cm³/mol. The van der Waals surface area contributed by atoms with Gasteiger partial charge in [-0.15, -0.1) is 0 Å². The summed E-state index contributed by atoms with van der Waals surface area (Å²) >= 11 is 0. The number of anilines is 2. The first-order valence-electron chi connectivity index (χ1n) is 10.1. The summed E-state index contributed by atoms with van der Waals surface area (Å²) in [4.78, 5) is 19.3. The summed E-state index contributed by atoms with van der Waals surface area (Å²) in [6.07, 6.45) is 5.36. The fraction of sp³-hybridized carbons (Fsp3) is 0.250. The van der Waals surface area contributed by atoms with E-state index in [-0.39, 0.29) is 5.91 Å². The average Bonchev–Trinajstić information content (AvgIpc) is 2.76. The van der Waals surface area contributed by atoms with Crippen LogP contribution in [0.4, 0.5) is 11.5 Å². The summed E-state index contributed by atoms with van der Waals surface area (Å²) < 4.78 is 0. The summed E-state index contributed by atoms with van der Waals surface area (Å²) in [7, 11) is 0. The third-order valence-electron chi connectivity index (χ3n) is 5.34. The minimum Gasteiger partial charge on any atom is -0.384 e. The molecular weight excluding hydrogens is 360 g/mol. The smallest absolute Gasteiger partial charge is 0.255 e. The molecule has 148 valence electrons. The number of pyridine rings is 1. The Labute approximate surface area is 171 Å².